The molecule has 3 nitrogen and oxygen atoms in total. The van der Waals surface area contributed by atoms with Crippen LogP contribution in [0.15, 0.2) is 42.5 Å². The predicted molar refractivity (Wildman–Crippen MR) is 108 cm³/mol. The normalized spacial score (nSPS) is 20.1. The minimum atomic E-state index is 0.263. The van der Waals surface area contributed by atoms with Crippen LogP contribution in [0, 0.1) is 0 Å². The van der Waals surface area contributed by atoms with Crippen LogP contribution in [-0.4, -0.2) is 35.2 Å². The van der Waals surface area contributed by atoms with Gasteiger partial charge in [0.25, 0.3) is 0 Å². The van der Waals surface area contributed by atoms with Crippen molar-refractivity contribution in [1.29, 1.82) is 0 Å². The highest BCUT2D eigenvalue weighted by molar-refractivity contribution is 7.81. The van der Waals surface area contributed by atoms with Crippen molar-refractivity contribution in [2.75, 3.05) is 13.1 Å². The minimum absolute atomic E-state index is 0.263. The summed E-state index contributed by atoms with van der Waals surface area (Å²) in [6.45, 7) is 4.51. The van der Waals surface area contributed by atoms with Gasteiger partial charge in [0.2, 0.25) is 5.91 Å². The van der Waals surface area contributed by atoms with Gasteiger partial charge in [-0.1, -0.05) is 55.8 Å². The van der Waals surface area contributed by atoms with Gasteiger partial charge < -0.3 is 10.2 Å². The number of nitrogens with zero attached hydrogens (tertiary/aromatic N) is 1. The number of nitrogens with one attached hydrogen (secondary N) is 1. The number of carbonyl (C=O) groups is 1. The van der Waals surface area contributed by atoms with Gasteiger partial charge in [-0.15, -0.1) is 0 Å². The Morgan fingerprint density at radius 3 is 2.80 bits per heavy atom. The molecule has 3 rings (SSSR count). The Morgan fingerprint density at radius 1 is 1.24 bits per heavy atom. The first-order valence-electron chi connectivity index (χ1n) is 9.33. The number of amides is 1. The summed E-state index contributed by atoms with van der Waals surface area (Å²) in [7, 11) is 0. The summed E-state index contributed by atoms with van der Waals surface area (Å²) >= 11 is 4.56. The highest BCUT2D eigenvalue weighted by Gasteiger charge is 2.25. The van der Waals surface area contributed by atoms with Crippen molar-refractivity contribution in [3.05, 3.63) is 48.0 Å². The first-order valence-corrected chi connectivity index (χ1v) is 9.85. The lowest BCUT2D eigenvalue weighted by atomic mass is 10.0. The maximum atomic E-state index is 12.8. The van der Waals surface area contributed by atoms with E-state index in [-0.39, 0.29) is 5.91 Å². The summed E-state index contributed by atoms with van der Waals surface area (Å²) in [6, 6.07) is 15.1. The Labute approximate surface area is 156 Å². The molecule has 0 aliphatic carbocycles. The summed E-state index contributed by atoms with van der Waals surface area (Å²) in [5.74, 6) is 0.263. The zero-order valence-corrected chi connectivity index (χ0v) is 15.8. The molecule has 134 valence electrons. The number of benzene rings is 2. The zero-order valence-electron chi connectivity index (χ0n) is 14.9. The molecule has 1 heterocycles. The molecular weight excluding hydrogens is 328 g/mol. The molecule has 1 fully saturated rings. The molecule has 0 unspecified atom stereocenters. The van der Waals surface area contributed by atoms with Gasteiger partial charge in [0.05, 0.1) is 0 Å². The molecule has 2 aromatic rings. The SMILES string of the molecule is CCCCC(=O)N(Cc1cccc2ccccc12)C[C@@H]1C[C@H](S)CN1. The van der Waals surface area contributed by atoms with E-state index >= 15 is 0 Å². The third-order valence-corrected chi connectivity index (χ3v) is 5.37. The van der Waals surface area contributed by atoms with Crippen molar-refractivity contribution in [3.63, 3.8) is 0 Å². The number of fused-ring (bicyclic) bond motifs is 1. The fourth-order valence-electron chi connectivity index (χ4n) is 3.58. The van der Waals surface area contributed by atoms with Crippen LogP contribution in [0.2, 0.25) is 0 Å². The van der Waals surface area contributed by atoms with E-state index in [1.807, 2.05) is 4.90 Å². The number of unbranched alkanes of at least 4 members (excludes halogenated alkanes) is 1. The van der Waals surface area contributed by atoms with Gasteiger partial charge in [0, 0.05) is 37.3 Å². The van der Waals surface area contributed by atoms with Crippen LogP contribution in [0.1, 0.15) is 38.2 Å². The third kappa shape index (κ3) is 4.77. The molecule has 0 radical (unpaired) electrons. The number of thiol groups is 1. The van der Waals surface area contributed by atoms with E-state index in [2.05, 4.69) is 67.3 Å². The average molecular weight is 357 g/mol. The number of hydrogen-bond acceptors (Lipinski definition) is 3. The Hall–Kier alpha value is -1.52. The quantitative estimate of drug-likeness (QED) is 0.735. The van der Waals surface area contributed by atoms with Crippen LogP contribution in [0.3, 0.4) is 0 Å². The molecular formula is C21H28N2OS. The van der Waals surface area contributed by atoms with Gasteiger partial charge in [-0.2, -0.15) is 12.6 Å². The predicted octanol–water partition coefficient (Wildman–Crippen LogP) is 4.02. The summed E-state index contributed by atoms with van der Waals surface area (Å²) in [6.07, 6.45) is 3.67. The Morgan fingerprint density at radius 2 is 2.04 bits per heavy atom. The van der Waals surface area contributed by atoms with Crippen LogP contribution < -0.4 is 5.32 Å². The smallest absolute Gasteiger partial charge is 0.222 e. The van der Waals surface area contributed by atoms with Crippen molar-refractivity contribution in [3.8, 4) is 0 Å². The number of rotatable bonds is 7. The van der Waals surface area contributed by atoms with E-state index in [0.717, 1.165) is 32.4 Å². The molecule has 0 aromatic heterocycles. The van der Waals surface area contributed by atoms with E-state index < -0.39 is 0 Å². The van der Waals surface area contributed by atoms with E-state index in [1.165, 1.54) is 16.3 Å². The largest absolute Gasteiger partial charge is 0.337 e. The molecule has 1 amide bonds. The van der Waals surface area contributed by atoms with E-state index in [1.54, 1.807) is 0 Å². The van der Waals surface area contributed by atoms with Gasteiger partial charge in [-0.05, 0) is 29.2 Å². The highest BCUT2D eigenvalue weighted by Crippen LogP contribution is 2.22. The zero-order chi connectivity index (χ0) is 17.6. The summed E-state index contributed by atoms with van der Waals surface area (Å²) in [4.78, 5) is 14.8. The molecule has 1 N–H and O–H groups in total. The fourth-order valence-corrected chi connectivity index (χ4v) is 3.94. The van der Waals surface area contributed by atoms with Gasteiger partial charge in [-0.25, -0.2) is 0 Å². The van der Waals surface area contributed by atoms with E-state index in [4.69, 9.17) is 0 Å². The second-order valence-corrected chi connectivity index (χ2v) is 7.74. The highest BCUT2D eigenvalue weighted by atomic mass is 32.1. The summed E-state index contributed by atoms with van der Waals surface area (Å²) in [5, 5.41) is 6.37. The second-order valence-electron chi connectivity index (χ2n) is 7.01. The first-order chi connectivity index (χ1) is 12.2. The number of carbonyl (C=O) groups excluding carboxylic acids is 1. The van der Waals surface area contributed by atoms with Crippen molar-refractivity contribution in [2.24, 2.45) is 0 Å². The fraction of sp³-hybridized carbons (Fsp3) is 0.476. The van der Waals surface area contributed by atoms with Gasteiger partial charge in [0.1, 0.15) is 0 Å². The molecule has 0 spiro atoms. The van der Waals surface area contributed by atoms with Crippen LogP contribution in [0.4, 0.5) is 0 Å². The topological polar surface area (TPSA) is 32.3 Å². The van der Waals surface area contributed by atoms with Crippen molar-refractivity contribution < 1.29 is 4.79 Å². The Kier molecular flexibility index (Phi) is 6.38. The van der Waals surface area contributed by atoms with Crippen molar-refractivity contribution in [2.45, 2.75) is 50.4 Å². The summed E-state index contributed by atoms with van der Waals surface area (Å²) < 4.78 is 0. The van der Waals surface area contributed by atoms with E-state index in [9.17, 15) is 4.79 Å². The molecule has 1 aliphatic heterocycles. The summed E-state index contributed by atoms with van der Waals surface area (Å²) in [5.41, 5.74) is 1.23. The van der Waals surface area contributed by atoms with Crippen LogP contribution >= 0.6 is 12.6 Å². The number of hydrogen-bond donors (Lipinski definition) is 2. The van der Waals surface area contributed by atoms with Gasteiger partial charge in [-0.3, -0.25) is 4.79 Å². The molecule has 4 heteroatoms. The lowest BCUT2D eigenvalue weighted by Gasteiger charge is -2.27. The molecule has 25 heavy (non-hydrogen) atoms. The van der Waals surface area contributed by atoms with Crippen molar-refractivity contribution in [1.82, 2.24) is 10.2 Å². The average Bonchev–Trinajstić information content (AvgIpc) is 3.04. The monoisotopic (exact) mass is 356 g/mol. The maximum absolute atomic E-state index is 12.8. The molecule has 1 saturated heterocycles. The van der Waals surface area contributed by atoms with Crippen molar-refractivity contribution >= 4 is 29.3 Å². The lowest BCUT2D eigenvalue weighted by Crippen LogP contribution is -2.40. The molecule has 2 atom stereocenters. The third-order valence-electron chi connectivity index (χ3n) is 4.98. The molecule has 0 bridgehead atoms. The van der Waals surface area contributed by atoms with Crippen LogP contribution in [0.25, 0.3) is 10.8 Å². The standard InChI is InChI=1S/C21H28N2OS/c1-2-3-11-21(24)23(15-18-12-19(25)13-22-18)14-17-9-6-8-16-7-4-5-10-20(16)17/h4-10,18-19,22,25H,2-3,11-15H2,1H3/t18-,19-/m0/s1. The van der Waals surface area contributed by atoms with Gasteiger partial charge in [0.15, 0.2) is 0 Å². The molecule has 2 aromatic carbocycles. The van der Waals surface area contributed by atoms with E-state index in [0.29, 0.717) is 24.3 Å². The van der Waals surface area contributed by atoms with Gasteiger partial charge >= 0.3 is 0 Å². The lowest BCUT2D eigenvalue weighted by molar-refractivity contribution is -0.132. The first kappa shape index (κ1) is 18.3. The van der Waals surface area contributed by atoms with Crippen LogP contribution in [-0.2, 0) is 11.3 Å². The molecule has 0 saturated carbocycles. The molecule has 1 aliphatic rings. The Bertz CT molecular complexity index is 713. The van der Waals surface area contributed by atoms with Crippen LogP contribution in [0.5, 0.6) is 0 Å². The maximum Gasteiger partial charge on any atom is 0.222 e. The Balaban J connectivity index is 1.79. The second kappa shape index (κ2) is 8.72. The minimum Gasteiger partial charge on any atom is -0.337 e.